The highest BCUT2D eigenvalue weighted by molar-refractivity contribution is 5.94. The van der Waals surface area contributed by atoms with Crippen LogP contribution < -0.4 is 11.1 Å². The van der Waals surface area contributed by atoms with Crippen LogP contribution in [0.4, 0.5) is 5.95 Å². The molecular weight excluding hydrogens is 426 g/mol. The Bertz CT molecular complexity index is 973. The molecule has 4 N–H and O–H groups in total. The average molecular weight is 460 g/mol. The molecule has 0 fully saturated rings. The summed E-state index contributed by atoms with van der Waals surface area (Å²) in [6, 6.07) is 7.79. The molecule has 0 saturated heterocycles. The van der Waals surface area contributed by atoms with E-state index in [9.17, 15) is 4.79 Å². The number of halogens is 1. The van der Waals surface area contributed by atoms with E-state index >= 15 is 0 Å². The normalized spacial score (nSPS) is 11.2. The molecule has 1 amide bonds. The number of aryl methyl sites for hydroxylation is 2. The lowest BCUT2D eigenvalue weighted by Gasteiger charge is -2.19. The van der Waals surface area contributed by atoms with Crippen LogP contribution in [0.1, 0.15) is 67.3 Å². The second-order valence-corrected chi connectivity index (χ2v) is 8.91. The number of nitrogens with two attached hydrogens (primary N) is 1. The number of amides is 1. The molecule has 32 heavy (non-hydrogen) atoms. The number of aromatic amines is 1. The number of carbonyl (C=O) groups excluding carboxylic acids is 1. The second kappa shape index (κ2) is 11.7. The van der Waals surface area contributed by atoms with Crippen LogP contribution >= 0.6 is 12.4 Å². The molecule has 3 rings (SSSR count). The van der Waals surface area contributed by atoms with Gasteiger partial charge in [-0.05, 0) is 48.8 Å². The Morgan fingerprint density at radius 1 is 1.12 bits per heavy atom. The predicted molar refractivity (Wildman–Crippen MR) is 129 cm³/mol. The molecule has 1 aromatic carbocycles. The quantitative estimate of drug-likeness (QED) is 0.400. The van der Waals surface area contributed by atoms with Crippen molar-refractivity contribution in [3.05, 3.63) is 59.2 Å². The average Bonchev–Trinajstić information content (AvgIpc) is 3.36. The minimum Gasteiger partial charge on any atom is -0.369 e. The maximum Gasteiger partial charge on any atom is 0.251 e. The lowest BCUT2D eigenvalue weighted by atomic mass is 9.87. The van der Waals surface area contributed by atoms with Crippen LogP contribution in [0.25, 0.3) is 0 Å². The van der Waals surface area contributed by atoms with Crippen LogP contribution in [0.3, 0.4) is 0 Å². The third kappa shape index (κ3) is 7.67. The Morgan fingerprint density at radius 3 is 2.50 bits per heavy atom. The van der Waals surface area contributed by atoms with Gasteiger partial charge in [0.1, 0.15) is 0 Å². The molecule has 0 saturated carbocycles. The zero-order valence-corrected chi connectivity index (χ0v) is 19.9. The fraction of sp³-hybridized carbons (Fsp3) is 0.478. The van der Waals surface area contributed by atoms with Crippen LogP contribution in [-0.2, 0) is 24.8 Å². The van der Waals surface area contributed by atoms with Gasteiger partial charge in [0.2, 0.25) is 0 Å². The van der Waals surface area contributed by atoms with Crippen LogP contribution in [-0.4, -0.2) is 37.4 Å². The van der Waals surface area contributed by atoms with Crippen LogP contribution in [0.5, 0.6) is 0 Å². The van der Waals surface area contributed by atoms with Gasteiger partial charge in [-0.25, -0.2) is 4.98 Å². The summed E-state index contributed by atoms with van der Waals surface area (Å²) in [5.41, 5.74) is 9.60. The van der Waals surface area contributed by atoms with Gasteiger partial charge in [-0.2, -0.15) is 0 Å². The Hall–Kier alpha value is -2.87. The Balaban J connectivity index is 0.00000363. The molecular formula is C23H34ClN7O. The molecule has 8 nitrogen and oxygen atoms in total. The minimum atomic E-state index is -0.0696. The van der Waals surface area contributed by atoms with Crippen molar-refractivity contribution in [2.24, 2.45) is 0 Å². The highest BCUT2D eigenvalue weighted by Gasteiger charge is 2.14. The number of carbonyl (C=O) groups is 1. The van der Waals surface area contributed by atoms with E-state index in [0.717, 1.165) is 43.5 Å². The first-order valence-corrected chi connectivity index (χ1v) is 10.9. The summed E-state index contributed by atoms with van der Waals surface area (Å²) in [5, 5.41) is 11.3. The highest BCUT2D eigenvalue weighted by atomic mass is 35.5. The van der Waals surface area contributed by atoms with Crippen molar-refractivity contribution in [2.75, 3.05) is 12.3 Å². The van der Waals surface area contributed by atoms with Crippen molar-refractivity contribution in [2.45, 2.75) is 64.8 Å². The lowest BCUT2D eigenvalue weighted by Crippen LogP contribution is -2.27. The molecule has 0 atom stereocenters. The number of hydrogen-bond acceptors (Lipinski definition) is 5. The molecule has 3 aromatic rings. The summed E-state index contributed by atoms with van der Waals surface area (Å²) in [4.78, 5) is 19.4. The van der Waals surface area contributed by atoms with Gasteiger partial charge in [0.05, 0.1) is 18.4 Å². The van der Waals surface area contributed by atoms with Crippen molar-refractivity contribution in [1.29, 1.82) is 0 Å². The van der Waals surface area contributed by atoms with E-state index in [4.69, 9.17) is 5.73 Å². The molecule has 0 spiro atoms. The number of unbranched alkanes of at least 4 members (excludes halogenated alkanes) is 2. The summed E-state index contributed by atoms with van der Waals surface area (Å²) in [6.45, 7) is 7.58. The van der Waals surface area contributed by atoms with E-state index in [1.165, 1.54) is 5.56 Å². The number of nitrogens with zero attached hydrogens (tertiary/aromatic N) is 4. The van der Waals surface area contributed by atoms with E-state index in [1.54, 1.807) is 10.9 Å². The number of hydrogen-bond donors (Lipinski definition) is 3. The van der Waals surface area contributed by atoms with Crippen LogP contribution in [0, 0.1) is 0 Å². The summed E-state index contributed by atoms with van der Waals surface area (Å²) >= 11 is 0. The number of nitrogens with one attached hydrogen (secondary N) is 2. The number of benzene rings is 1. The molecule has 0 aliphatic rings. The minimum absolute atomic E-state index is 0. The standard InChI is InChI=1S/C23H33N7O.ClH/c1-23(2,3)18-11-9-17(10-12-18)21(31)25-13-14-30-16-20(28-29-30)8-6-4-5-7-19-15-26-22(24)27-19;/h9-12,15-16H,4-8,13-14H2,1-3H3,(H,25,31)(H3,24,26,27);1H. The van der Waals surface area contributed by atoms with Crippen LogP contribution in [0.15, 0.2) is 36.7 Å². The molecule has 0 radical (unpaired) electrons. The fourth-order valence-electron chi connectivity index (χ4n) is 3.37. The topological polar surface area (TPSA) is 115 Å². The summed E-state index contributed by atoms with van der Waals surface area (Å²) in [6.07, 6.45) is 8.85. The van der Waals surface area contributed by atoms with E-state index in [2.05, 4.69) is 46.4 Å². The molecule has 2 aromatic heterocycles. The number of H-pyrrole nitrogens is 1. The number of anilines is 1. The van der Waals surface area contributed by atoms with Gasteiger partial charge in [-0.15, -0.1) is 17.5 Å². The third-order valence-electron chi connectivity index (χ3n) is 5.25. The maximum absolute atomic E-state index is 12.3. The predicted octanol–water partition coefficient (Wildman–Crippen LogP) is 3.69. The zero-order valence-electron chi connectivity index (χ0n) is 19.1. The number of nitrogen functional groups attached to an aromatic ring is 1. The third-order valence-corrected chi connectivity index (χ3v) is 5.25. The van der Waals surface area contributed by atoms with Gasteiger partial charge < -0.3 is 16.0 Å². The summed E-state index contributed by atoms with van der Waals surface area (Å²) < 4.78 is 1.78. The first-order valence-electron chi connectivity index (χ1n) is 10.9. The molecule has 174 valence electrons. The smallest absolute Gasteiger partial charge is 0.251 e. The van der Waals surface area contributed by atoms with E-state index in [-0.39, 0.29) is 23.7 Å². The van der Waals surface area contributed by atoms with Gasteiger partial charge in [0.15, 0.2) is 5.95 Å². The van der Waals surface area contributed by atoms with Gasteiger partial charge in [0.25, 0.3) is 5.91 Å². The Labute approximate surface area is 195 Å². The number of rotatable bonds is 10. The first kappa shape index (κ1) is 25.4. The van der Waals surface area contributed by atoms with Gasteiger partial charge in [-0.1, -0.05) is 44.5 Å². The Morgan fingerprint density at radius 2 is 1.84 bits per heavy atom. The van der Waals surface area contributed by atoms with Gasteiger partial charge >= 0.3 is 0 Å². The summed E-state index contributed by atoms with van der Waals surface area (Å²) in [5.74, 6) is 0.404. The second-order valence-electron chi connectivity index (χ2n) is 8.91. The summed E-state index contributed by atoms with van der Waals surface area (Å²) in [7, 11) is 0. The Kier molecular flexibility index (Phi) is 9.26. The highest BCUT2D eigenvalue weighted by Crippen LogP contribution is 2.22. The molecule has 0 aliphatic heterocycles. The molecule has 2 heterocycles. The molecule has 9 heteroatoms. The molecule has 0 unspecified atom stereocenters. The first-order chi connectivity index (χ1) is 14.8. The van der Waals surface area contributed by atoms with Crippen molar-refractivity contribution in [1.82, 2.24) is 30.3 Å². The van der Waals surface area contributed by atoms with Gasteiger partial charge in [-0.3, -0.25) is 9.48 Å². The van der Waals surface area contributed by atoms with Crippen molar-refractivity contribution < 1.29 is 4.79 Å². The lowest BCUT2D eigenvalue weighted by molar-refractivity contribution is 0.0952. The molecule has 0 aliphatic carbocycles. The molecule has 0 bridgehead atoms. The largest absolute Gasteiger partial charge is 0.369 e. The SMILES string of the molecule is CC(C)(C)c1ccc(C(=O)NCCn2cc(CCCCCc3cnc(N)[nH]3)nn2)cc1.Cl. The van der Waals surface area contributed by atoms with E-state index in [1.807, 2.05) is 30.5 Å². The van der Waals surface area contributed by atoms with Crippen LogP contribution in [0.2, 0.25) is 0 Å². The number of aromatic nitrogens is 5. The van der Waals surface area contributed by atoms with Crippen molar-refractivity contribution >= 4 is 24.3 Å². The monoisotopic (exact) mass is 459 g/mol. The van der Waals surface area contributed by atoms with Crippen molar-refractivity contribution in [3.8, 4) is 0 Å². The van der Waals surface area contributed by atoms with Crippen molar-refractivity contribution in [3.63, 3.8) is 0 Å². The fourth-order valence-corrected chi connectivity index (χ4v) is 3.37. The van der Waals surface area contributed by atoms with E-state index in [0.29, 0.717) is 24.6 Å². The maximum atomic E-state index is 12.3. The van der Waals surface area contributed by atoms with E-state index < -0.39 is 0 Å². The number of imidazole rings is 1. The van der Waals surface area contributed by atoms with Gasteiger partial charge in [0, 0.05) is 24.0 Å². The zero-order chi connectivity index (χ0) is 22.3.